The third kappa shape index (κ3) is 8.42. The summed E-state index contributed by atoms with van der Waals surface area (Å²) < 4.78 is 60.8. The first-order valence-electron chi connectivity index (χ1n) is 24.9. The number of aromatic nitrogens is 3. The topological polar surface area (TPSA) is 50.9 Å². The summed E-state index contributed by atoms with van der Waals surface area (Å²) >= 11 is 0. The lowest BCUT2D eigenvalue weighted by Crippen LogP contribution is -2.11. The van der Waals surface area contributed by atoms with Crippen molar-refractivity contribution in [2.24, 2.45) is 5.92 Å². The van der Waals surface area contributed by atoms with Crippen LogP contribution in [0.15, 0.2) is 140 Å². The average molecular weight is 809 g/mol. The van der Waals surface area contributed by atoms with Gasteiger partial charge in [0.2, 0.25) is 0 Å². The molecule has 2 aromatic heterocycles. The van der Waals surface area contributed by atoms with Gasteiger partial charge in [-0.15, -0.1) is 0 Å². The normalized spacial score (nSPS) is 13.9. The molecule has 61 heavy (non-hydrogen) atoms. The molecule has 0 radical (unpaired) electrons. The minimum absolute atomic E-state index is 0.00390. The Labute approximate surface area is 372 Å². The number of hydrogen-bond donors (Lipinski definition) is 1. The predicted octanol–water partition coefficient (Wildman–Crippen LogP) is 15.5. The van der Waals surface area contributed by atoms with Crippen LogP contribution < -0.4 is 0 Å². The van der Waals surface area contributed by atoms with E-state index < -0.39 is 36.6 Å². The highest BCUT2D eigenvalue weighted by Crippen LogP contribution is 2.44. The van der Waals surface area contributed by atoms with Crippen LogP contribution in [0.25, 0.3) is 72.7 Å². The van der Waals surface area contributed by atoms with Gasteiger partial charge in [0.25, 0.3) is 0 Å². The first-order valence-corrected chi connectivity index (χ1v) is 21.4. The molecule has 6 aromatic carbocycles. The zero-order chi connectivity index (χ0) is 49.1. The van der Waals surface area contributed by atoms with E-state index in [0.29, 0.717) is 28.6 Å². The monoisotopic (exact) mass is 809 g/mol. The number of fused-ring (bicyclic) bond motifs is 1. The third-order valence-corrected chi connectivity index (χ3v) is 11.5. The Morgan fingerprint density at radius 1 is 0.672 bits per heavy atom. The smallest absolute Gasteiger partial charge is 0.149 e. The Kier molecular flexibility index (Phi) is 9.13. The van der Waals surface area contributed by atoms with Crippen molar-refractivity contribution in [3.8, 4) is 67.5 Å². The highest BCUT2D eigenvalue weighted by atomic mass is 16.3. The van der Waals surface area contributed by atoms with Crippen LogP contribution in [0.2, 0.25) is 0 Å². The van der Waals surface area contributed by atoms with E-state index in [1.165, 1.54) is 5.56 Å². The van der Waals surface area contributed by atoms with Crippen LogP contribution in [0.1, 0.15) is 112 Å². The van der Waals surface area contributed by atoms with Crippen molar-refractivity contribution in [3.05, 3.63) is 167 Å². The Morgan fingerprint density at radius 2 is 1.43 bits per heavy atom. The van der Waals surface area contributed by atoms with Gasteiger partial charge in [-0.25, -0.2) is 4.98 Å². The first kappa shape index (κ1) is 33.5. The zero-order valence-corrected chi connectivity index (χ0v) is 36.7. The summed E-state index contributed by atoms with van der Waals surface area (Å²) in [6.45, 7) is 16.6. The fourth-order valence-electron chi connectivity index (χ4n) is 8.17. The molecule has 0 saturated heterocycles. The second kappa shape index (κ2) is 16.7. The molecule has 0 amide bonds. The molecule has 1 N–H and O–H groups in total. The molecule has 4 nitrogen and oxygen atoms in total. The molecular weight excluding hydrogens is 743 g/mol. The standard InChI is InChI=1S/C57H59N3O/c1-35(2)27-39-21-24-52(49(28-39)41-15-12-11-13-16-41)60-53-18-14-17-47(54(53)59-56(60)50-33-43(36(3)4)32-48(37(5)6)55(50)61)44-29-45(31-46(30-44)57(8,9)10)51-34-42(25-26-58-51)40-22-19-38(7)20-23-40/h11-26,28-37,61H,27H2,1-10H3/i7D3,19D,20D,22D,23D. The van der Waals surface area contributed by atoms with Crippen LogP contribution in [-0.2, 0) is 11.8 Å². The molecule has 308 valence electrons. The SMILES string of the molecule is [2H]c1c([2H])c(C([2H])([2H])[2H])c([2H])c([2H])c1-c1ccnc(-c2cc(-c3cccc4c3nc(-c3cc(C(C)C)cc(C(C)C)c3O)n4-c3ccc(CC(C)C)cc3-c3ccccc3)cc(C(C)(C)C)c2)c1. The Balaban J connectivity index is 1.41. The summed E-state index contributed by atoms with van der Waals surface area (Å²) in [6, 6.07) is 35.2. The van der Waals surface area contributed by atoms with Crippen molar-refractivity contribution in [1.29, 1.82) is 0 Å². The van der Waals surface area contributed by atoms with Crippen molar-refractivity contribution < 1.29 is 14.7 Å². The summed E-state index contributed by atoms with van der Waals surface area (Å²) in [5, 5.41) is 12.3. The summed E-state index contributed by atoms with van der Waals surface area (Å²) in [4.78, 5) is 10.4. The van der Waals surface area contributed by atoms with Crippen LogP contribution in [0, 0.1) is 12.8 Å². The molecule has 0 fully saturated rings. The lowest BCUT2D eigenvalue weighted by molar-refractivity contribution is 0.466. The highest BCUT2D eigenvalue weighted by Gasteiger charge is 2.26. The Morgan fingerprint density at radius 3 is 2.11 bits per heavy atom. The van der Waals surface area contributed by atoms with E-state index in [1.807, 2.05) is 12.1 Å². The van der Waals surface area contributed by atoms with E-state index in [1.54, 1.807) is 18.3 Å². The lowest BCUT2D eigenvalue weighted by atomic mass is 9.83. The van der Waals surface area contributed by atoms with Crippen molar-refractivity contribution in [3.63, 3.8) is 0 Å². The lowest BCUT2D eigenvalue weighted by Gasteiger charge is -2.22. The molecule has 8 aromatic rings. The predicted molar refractivity (Wildman–Crippen MR) is 258 cm³/mol. The number of imidazole rings is 1. The number of pyridine rings is 1. The van der Waals surface area contributed by atoms with E-state index in [2.05, 4.69) is 152 Å². The van der Waals surface area contributed by atoms with Gasteiger partial charge in [-0.2, -0.15) is 0 Å². The van der Waals surface area contributed by atoms with Gasteiger partial charge in [0, 0.05) is 27.0 Å². The molecule has 0 unspecified atom stereocenters. The zero-order valence-electron chi connectivity index (χ0n) is 43.7. The number of nitrogens with zero attached hydrogens (tertiary/aromatic N) is 3. The Bertz CT molecular complexity index is 3190. The van der Waals surface area contributed by atoms with Gasteiger partial charge in [0.05, 0.1) is 33.5 Å². The van der Waals surface area contributed by atoms with Crippen LogP contribution in [0.4, 0.5) is 0 Å². The molecule has 0 aliphatic carbocycles. The molecule has 0 spiro atoms. The van der Waals surface area contributed by atoms with Gasteiger partial charge < -0.3 is 5.11 Å². The van der Waals surface area contributed by atoms with Crippen molar-refractivity contribution in [2.75, 3.05) is 0 Å². The largest absolute Gasteiger partial charge is 0.507 e. The van der Waals surface area contributed by atoms with E-state index in [0.717, 1.165) is 67.6 Å². The number of benzene rings is 6. The second-order valence-electron chi connectivity index (χ2n) is 18.3. The molecule has 0 bridgehead atoms. The van der Waals surface area contributed by atoms with Gasteiger partial charge in [-0.05, 0) is 129 Å². The second-order valence-corrected chi connectivity index (χ2v) is 18.3. The molecular formula is C57H59N3O. The number of aromatic hydroxyl groups is 1. The number of phenols is 1. The van der Waals surface area contributed by atoms with E-state index in [9.17, 15) is 5.11 Å². The molecule has 0 atom stereocenters. The Hall–Kier alpha value is -6.26. The van der Waals surface area contributed by atoms with Gasteiger partial charge in [-0.3, -0.25) is 9.55 Å². The van der Waals surface area contributed by atoms with Crippen molar-refractivity contribution in [1.82, 2.24) is 14.5 Å². The summed E-state index contributed by atoms with van der Waals surface area (Å²) in [5.74, 6) is 1.53. The van der Waals surface area contributed by atoms with Crippen LogP contribution in [0.5, 0.6) is 5.75 Å². The molecule has 0 saturated carbocycles. The highest BCUT2D eigenvalue weighted by molar-refractivity contribution is 5.98. The van der Waals surface area contributed by atoms with Crippen molar-refractivity contribution in [2.45, 2.75) is 92.8 Å². The average Bonchev–Trinajstić information content (AvgIpc) is 3.67. The fraction of sp³-hybridized carbons (Fsp3) is 0.263. The van der Waals surface area contributed by atoms with Gasteiger partial charge in [0.15, 0.2) is 0 Å². The summed E-state index contributed by atoms with van der Waals surface area (Å²) in [7, 11) is 0. The molecule has 2 heterocycles. The quantitative estimate of drug-likeness (QED) is 0.150. The minimum atomic E-state index is -2.82. The van der Waals surface area contributed by atoms with Gasteiger partial charge >= 0.3 is 0 Å². The molecule has 4 heteroatoms. The number of rotatable bonds is 10. The fourth-order valence-corrected chi connectivity index (χ4v) is 8.17. The summed E-state index contributed by atoms with van der Waals surface area (Å²) in [5.41, 5.74) is 12.1. The van der Waals surface area contributed by atoms with E-state index in [4.69, 9.17) is 19.6 Å². The van der Waals surface area contributed by atoms with Crippen molar-refractivity contribution >= 4 is 11.0 Å². The van der Waals surface area contributed by atoms with Crippen LogP contribution in [-0.4, -0.2) is 19.6 Å². The molecule has 0 aliphatic rings. The minimum Gasteiger partial charge on any atom is -0.507 e. The maximum Gasteiger partial charge on any atom is 0.149 e. The number of hydrogen-bond acceptors (Lipinski definition) is 3. The van der Waals surface area contributed by atoms with E-state index >= 15 is 0 Å². The maximum atomic E-state index is 12.3. The van der Waals surface area contributed by atoms with Gasteiger partial charge in [0.1, 0.15) is 11.6 Å². The number of phenolic OH excluding ortho intramolecular Hbond substituents is 1. The first-order chi connectivity index (χ1) is 32.0. The van der Waals surface area contributed by atoms with Crippen LogP contribution >= 0.6 is 0 Å². The van der Waals surface area contributed by atoms with Gasteiger partial charge in [-0.1, -0.05) is 153 Å². The maximum absolute atomic E-state index is 12.3. The molecule has 8 rings (SSSR count). The number of para-hydroxylation sites is 1. The summed E-state index contributed by atoms with van der Waals surface area (Å²) in [6.07, 6.45) is 2.50. The third-order valence-electron chi connectivity index (χ3n) is 11.5. The van der Waals surface area contributed by atoms with E-state index in [-0.39, 0.29) is 28.6 Å². The molecule has 0 aliphatic heterocycles. The van der Waals surface area contributed by atoms with Crippen LogP contribution in [0.3, 0.4) is 0 Å².